The van der Waals surface area contributed by atoms with Gasteiger partial charge in [0.15, 0.2) is 0 Å². The fourth-order valence-electron chi connectivity index (χ4n) is 4.87. The molecule has 3 aromatic carbocycles. The molecule has 0 atom stereocenters. The first-order valence-electron chi connectivity index (χ1n) is 13.7. The Hall–Kier alpha value is -5.94. The fraction of sp³-hybridized carbons (Fsp3) is 0.0857. The van der Waals surface area contributed by atoms with E-state index in [0.29, 0.717) is 34.9 Å². The number of rotatable bonds is 8. The standard InChI is InChI=1S/C35H26N4O4/c1-24-31(34(40)38(35(41)32(24)20-36)22-30-13-8-18-42-30)19-27-21-39(28-11-6-3-7-12-28)37-33(27)26-14-16-29(17-15-26)43-23-25-9-4-2-5-10-25/h2-19,21H,22-23H2,1H3/b31-19+. The number of hydrogen-bond acceptors (Lipinski definition) is 6. The molecular weight excluding hydrogens is 540 g/mol. The third-order valence-corrected chi connectivity index (χ3v) is 7.16. The van der Waals surface area contributed by atoms with E-state index in [2.05, 4.69) is 0 Å². The van der Waals surface area contributed by atoms with Gasteiger partial charge in [0.2, 0.25) is 0 Å². The lowest BCUT2D eigenvalue weighted by atomic mass is 9.93. The van der Waals surface area contributed by atoms with E-state index in [1.807, 2.05) is 97.2 Å². The molecule has 8 nitrogen and oxygen atoms in total. The zero-order valence-electron chi connectivity index (χ0n) is 23.3. The number of carbonyl (C=O) groups is 2. The number of hydrogen-bond donors (Lipinski definition) is 0. The van der Waals surface area contributed by atoms with Gasteiger partial charge in [0, 0.05) is 22.9 Å². The number of imide groups is 1. The maximum absolute atomic E-state index is 13.7. The molecule has 6 rings (SSSR count). The van der Waals surface area contributed by atoms with Crippen molar-refractivity contribution in [1.29, 1.82) is 5.26 Å². The van der Waals surface area contributed by atoms with E-state index in [1.54, 1.807) is 29.8 Å². The molecular formula is C35H26N4O4. The van der Waals surface area contributed by atoms with E-state index in [-0.39, 0.29) is 17.7 Å². The largest absolute Gasteiger partial charge is 0.489 e. The van der Waals surface area contributed by atoms with Gasteiger partial charge >= 0.3 is 0 Å². The summed E-state index contributed by atoms with van der Waals surface area (Å²) in [5, 5.41) is 14.7. The molecule has 0 unspecified atom stereocenters. The number of aromatic nitrogens is 2. The number of nitrogens with zero attached hydrogens (tertiary/aromatic N) is 4. The first-order chi connectivity index (χ1) is 21.0. The van der Waals surface area contributed by atoms with Crippen LogP contribution in [0, 0.1) is 11.3 Å². The number of furan rings is 1. The van der Waals surface area contributed by atoms with E-state index in [1.165, 1.54) is 6.26 Å². The van der Waals surface area contributed by atoms with Crippen LogP contribution in [0.25, 0.3) is 23.0 Å². The molecule has 0 aliphatic carbocycles. The van der Waals surface area contributed by atoms with Crippen LogP contribution in [-0.2, 0) is 22.7 Å². The first kappa shape index (κ1) is 27.2. The molecule has 0 fully saturated rings. The van der Waals surface area contributed by atoms with Gasteiger partial charge in [0.1, 0.15) is 29.8 Å². The van der Waals surface area contributed by atoms with Crippen molar-refractivity contribution >= 4 is 17.9 Å². The number of benzene rings is 3. The normalized spacial score (nSPS) is 14.3. The highest BCUT2D eigenvalue weighted by atomic mass is 16.5. The zero-order chi connectivity index (χ0) is 29.8. The molecule has 1 aliphatic heterocycles. The maximum atomic E-state index is 13.7. The molecule has 5 aromatic rings. The number of ether oxygens (including phenoxy) is 1. The highest BCUT2D eigenvalue weighted by Gasteiger charge is 2.36. The van der Waals surface area contributed by atoms with E-state index < -0.39 is 11.8 Å². The molecule has 0 saturated carbocycles. The Kier molecular flexibility index (Phi) is 7.53. The number of carbonyl (C=O) groups excluding carboxylic acids is 2. The summed E-state index contributed by atoms with van der Waals surface area (Å²) in [6.45, 7) is 1.98. The molecule has 210 valence electrons. The van der Waals surface area contributed by atoms with Gasteiger partial charge in [-0.15, -0.1) is 0 Å². The van der Waals surface area contributed by atoms with Crippen LogP contribution in [0.2, 0.25) is 0 Å². The molecule has 3 heterocycles. The summed E-state index contributed by atoms with van der Waals surface area (Å²) in [6, 6.07) is 32.5. The van der Waals surface area contributed by atoms with Gasteiger partial charge in [-0.2, -0.15) is 10.4 Å². The summed E-state index contributed by atoms with van der Waals surface area (Å²) < 4.78 is 13.1. The molecule has 2 aromatic heterocycles. The van der Waals surface area contributed by atoms with Crippen LogP contribution in [-0.4, -0.2) is 26.5 Å². The molecule has 2 amide bonds. The van der Waals surface area contributed by atoms with Gasteiger partial charge in [-0.1, -0.05) is 48.5 Å². The van der Waals surface area contributed by atoms with Crippen LogP contribution >= 0.6 is 0 Å². The van der Waals surface area contributed by atoms with Crippen molar-refractivity contribution in [2.45, 2.75) is 20.1 Å². The third kappa shape index (κ3) is 5.65. The van der Waals surface area contributed by atoms with Gasteiger partial charge in [-0.3, -0.25) is 14.5 Å². The highest BCUT2D eigenvalue weighted by Crippen LogP contribution is 2.32. The molecule has 0 saturated heterocycles. The van der Waals surface area contributed by atoms with Gasteiger partial charge in [-0.25, -0.2) is 4.68 Å². The summed E-state index contributed by atoms with van der Waals surface area (Å²) >= 11 is 0. The van der Waals surface area contributed by atoms with E-state index in [0.717, 1.165) is 21.7 Å². The van der Waals surface area contributed by atoms with E-state index >= 15 is 0 Å². The molecule has 0 N–H and O–H groups in total. The Morgan fingerprint density at radius 2 is 1.63 bits per heavy atom. The van der Waals surface area contributed by atoms with Crippen molar-refractivity contribution in [2.24, 2.45) is 0 Å². The second-order valence-corrected chi connectivity index (χ2v) is 9.96. The second-order valence-electron chi connectivity index (χ2n) is 9.96. The minimum Gasteiger partial charge on any atom is -0.489 e. The van der Waals surface area contributed by atoms with Gasteiger partial charge in [0.25, 0.3) is 11.8 Å². The lowest BCUT2D eigenvalue weighted by Crippen LogP contribution is -2.42. The number of nitriles is 1. The van der Waals surface area contributed by atoms with Crippen molar-refractivity contribution < 1.29 is 18.7 Å². The van der Waals surface area contributed by atoms with Crippen molar-refractivity contribution in [3.05, 3.63) is 143 Å². The Bertz CT molecular complexity index is 1880. The Labute approximate surface area is 248 Å². The Balaban J connectivity index is 1.39. The monoisotopic (exact) mass is 566 g/mol. The molecule has 0 bridgehead atoms. The second kappa shape index (κ2) is 11.9. The third-order valence-electron chi connectivity index (χ3n) is 7.16. The predicted molar refractivity (Wildman–Crippen MR) is 160 cm³/mol. The maximum Gasteiger partial charge on any atom is 0.272 e. The lowest BCUT2D eigenvalue weighted by Gasteiger charge is -2.26. The van der Waals surface area contributed by atoms with Crippen molar-refractivity contribution in [3.63, 3.8) is 0 Å². The van der Waals surface area contributed by atoms with Gasteiger partial charge < -0.3 is 9.15 Å². The van der Waals surface area contributed by atoms with Crippen LogP contribution in [0.4, 0.5) is 0 Å². The summed E-state index contributed by atoms with van der Waals surface area (Å²) in [7, 11) is 0. The molecule has 0 spiro atoms. The first-order valence-corrected chi connectivity index (χ1v) is 13.7. The lowest BCUT2D eigenvalue weighted by molar-refractivity contribution is -0.141. The van der Waals surface area contributed by atoms with Crippen molar-refractivity contribution in [3.8, 4) is 28.8 Å². The van der Waals surface area contributed by atoms with E-state index in [9.17, 15) is 14.9 Å². The SMILES string of the molecule is CC1=C(C#N)C(=O)N(Cc2ccco2)C(=O)/C1=C/c1cn(-c2ccccc2)nc1-c1ccc(OCc2ccccc2)cc1. The fourth-order valence-corrected chi connectivity index (χ4v) is 4.87. The Morgan fingerprint density at radius 3 is 2.30 bits per heavy atom. The summed E-state index contributed by atoms with van der Waals surface area (Å²) in [6.07, 6.45) is 5.00. The zero-order valence-corrected chi connectivity index (χ0v) is 23.3. The quantitative estimate of drug-likeness (QED) is 0.157. The average Bonchev–Trinajstić information content (AvgIpc) is 3.72. The van der Waals surface area contributed by atoms with Crippen LogP contribution < -0.4 is 4.74 Å². The number of para-hydroxylation sites is 1. The number of amides is 2. The van der Waals surface area contributed by atoms with Crippen LogP contribution in [0.3, 0.4) is 0 Å². The molecule has 0 radical (unpaired) electrons. The smallest absolute Gasteiger partial charge is 0.272 e. The Morgan fingerprint density at radius 1 is 0.907 bits per heavy atom. The minimum atomic E-state index is -0.648. The van der Waals surface area contributed by atoms with Crippen molar-refractivity contribution in [2.75, 3.05) is 0 Å². The van der Waals surface area contributed by atoms with Crippen molar-refractivity contribution in [1.82, 2.24) is 14.7 Å². The van der Waals surface area contributed by atoms with E-state index in [4.69, 9.17) is 14.3 Å². The van der Waals surface area contributed by atoms with Crippen LogP contribution in [0.15, 0.2) is 131 Å². The van der Waals surface area contributed by atoms with Crippen LogP contribution in [0.5, 0.6) is 5.75 Å². The summed E-state index contributed by atoms with van der Waals surface area (Å²) in [5.41, 5.74) is 4.45. The highest BCUT2D eigenvalue weighted by molar-refractivity contribution is 6.19. The van der Waals surface area contributed by atoms with Crippen LogP contribution in [0.1, 0.15) is 23.8 Å². The molecule has 8 heteroatoms. The van der Waals surface area contributed by atoms with Gasteiger partial charge in [0.05, 0.1) is 24.2 Å². The van der Waals surface area contributed by atoms with Gasteiger partial charge in [-0.05, 0) is 72.7 Å². The molecule has 43 heavy (non-hydrogen) atoms. The summed E-state index contributed by atoms with van der Waals surface area (Å²) in [5.74, 6) is -0.0159. The summed E-state index contributed by atoms with van der Waals surface area (Å²) in [4.78, 5) is 27.8. The average molecular weight is 567 g/mol. The molecule has 1 aliphatic rings. The minimum absolute atomic E-state index is 0.0823. The topological polar surface area (TPSA) is 101 Å². The predicted octanol–water partition coefficient (Wildman–Crippen LogP) is 6.50.